The molecule has 0 aliphatic carbocycles. The van der Waals surface area contributed by atoms with Gasteiger partial charge < -0.3 is 24.1 Å². The maximum atomic E-state index is 6.03. The first-order chi connectivity index (χ1) is 16.2. The van der Waals surface area contributed by atoms with Crippen LogP contribution in [0, 0.1) is 0 Å². The number of aryl methyl sites for hydroxylation is 1. The van der Waals surface area contributed by atoms with Crippen molar-refractivity contribution in [2.24, 2.45) is 7.05 Å². The summed E-state index contributed by atoms with van der Waals surface area (Å²) in [7, 11) is 3.65. The molecule has 1 unspecified atom stereocenters. The summed E-state index contributed by atoms with van der Waals surface area (Å²) < 4.78 is 19.3. The summed E-state index contributed by atoms with van der Waals surface area (Å²) >= 11 is 1.99. The van der Waals surface area contributed by atoms with E-state index in [4.69, 9.17) is 19.2 Å². The van der Waals surface area contributed by atoms with Gasteiger partial charge in [0.2, 0.25) is 0 Å². The van der Waals surface area contributed by atoms with Crippen LogP contribution in [0.25, 0.3) is 11.0 Å². The Bertz CT molecular complexity index is 1220. The first-order valence-electron chi connectivity index (χ1n) is 11.0. The third-order valence-electron chi connectivity index (χ3n) is 5.79. The SMILES string of the molecule is COc1ccc(Oc2ccc3nc(COc4ccc(CC5CNCS5)cc4)n(C)c3c2)cc1. The predicted octanol–water partition coefficient (Wildman–Crippen LogP) is 5.16. The fraction of sp³-hybridized carbons (Fsp3) is 0.269. The van der Waals surface area contributed by atoms with Gasteiger partial charge in [0.15, 0.2) is 0 Å². The summed E-state index contributed by atoms with van der Waals surface area (Å²) in [6.07, 6.45) is 1.09. The van der Waals surface area contributed by atoms with E-state index in [2.05, 4.69) is 22.0 Å². The number of benzene rings is 3. The monoisotopic (exact) mass is 461 g/mol. The molecule has 0 saturated carbocycles. The Kier molecular flexibility index (Phi) is 6.41. The lowest BCUT2D eigenvalue weighted by molar-refractivity contribution is 0.292. The van der Waals surface area contributed by atoms with Gasteiger partial charge in [-0.3, -0.25) is 0 Å². The zero-order chi connectivity index (χ0) is 22.6. The van der Waals surface area contributed by atoms with Crippen molar-refractivity contribution in [1.82, 2.24) is 14.9 Å². The molecule has 170 valence electrons. The average Bonchev–Trinajstić information content (AvgIpc) is 3.47. The molecule has 33 heavy (non-hydrogen) atoms. The van der Waals surface area contributed by atoms with Gasteiger partial charge in [-0.15, -0.1) is 11.8 Å². The van der Waals surface area contributed by atoms with Crippen LogP contribution in [0.5, 0.6) is 23.0 Å². The first-order valence-corrected chi connectivity index (χ1v) is 12.0. The fourth-order valence-corrected chi connectivity index (χ4v) is 4.93. The highest BCUT2D eigenvalue weighted by atomic mass is 32.2. The molecular formula is C26H27N3O3S. The highest BCUT2D eigenvalue weighted by Crippen LogP contribution is 2.28. The normalized spacial score (nSPS) is 15.6. The van der Waals surface area contributed by atoms with E-state index in [9.17, 15) is 0 Å². The molecule has 1 fully saturated rings. The maximum absolute atomic E-state index is 6.03. The first kappa shape index (κ1) is 21.7. The Morgan fingerprint density at radius 2 is 1.70 bits per heavy atom. The van der Waals surface area contributed by atoms with Crippen LogP contribution in [-0.2, 0) is 20.1 Å². The Labute approximate surface area is 197 Å². The highest BCUT2D eigenvalue weighted by Gasteiger charge is 2.15. The molecular weight excluding hydrogens is 434 g/mol. The summed E-state index contributed by atoms with van der Waals surface area (Å²) in [5.74, 6) is 5.09. The van der Waals surface area contributed by atoms with Gasteiger partial charge in [0.05, 0.1) is 18.1 Å². The molecule has 1 N–H and O–H groups in total. The van der Waals surface area contributed by atoms with Gasteiger partial charge in [0, 0.05) is 30.8 Å². The summed E-state index contributed by atoms with van der Waals surface area (Å²) in [6, 6.07) is 21.9. The molecule has 0 bridgehead atoms. The molecule has 0 radical (unpaired) electrons. The van der Waals surface area contributed by atoms with E-state index >= 15 is 0 Å². The topological polar surface area (TPSA) is 57.5 Å². The number of imidazole rings is 1. The fourth-order valence-electron chi connectivity index (χ4n) is 3.91. The van der Waals surface area contributed by atoms with Gasteiger partial charge in [0.25, 0.3) is 0 Å². The summed E-state index contributed by atoms with van der Waals surface area (Å²) in [4.78, 5) is 4.74. The van der Waals surface area contributed by atoms with Gasteiger partial charge in [-0.2, -0.15) is 0 Å². The van der Waals surface area contributed by atoms with Crippen LogP contribution in [0.1, 0.15) is 11.4 Å². The zero-order valence-electron chi connectivity index (χ0n) is 18.8. The molecule has 1 aliphatic heterocycles. The Morgan fingerprint density at radius 1 is 0.970 bits per heavy atom. The second-order valence-electron chi connectivity index (χ2n) is 8.04. The highest BCUT2D eigenvalue weighted by molar-refractivity contribution is 8.00. The number of rotatable bonds is 8. The predicted molar refractivity (Wildman–Crippen MR) is 133 cm³/mol. The van der Waals surface area contributed by atoms with Crippen molar-refractivity contribution in [3.63, 3.8) is 0 Å². The summed E-state index contributed by atoms with van der Waals surface area (Å²) in [6.45, 7) is 1.49. The number of hydrogen-bond donors (Lipinski definition) is 1. The lowest BCUT2D eigenvalue weighted by Crippen LogP contribution is -2.14. The Morgan fingerprint density at radius 3 is 2.42 bits per heavy atom. The third-order valence-corrected chi connectivity index (χ3v) is 6.96. The van der Waals surface area contributed by atoms with Gasteiger partial charge in [0.1, 0.15) is 35.4 Å². The number of nitrogens with one attached hydrogen (secondary N) is 1. The molecule has 4 aromatic rings. The minimum Gasteiger partial charge on any atom is -0.497 e. The number of hydrogen-bond acceptors (Lipinski definition) is 6. The van der Waals surface area contributed by atoms with Crippen molar-refractivity contribution in [3.05, 3.63) is 78.1 Å². The molecule has 0 amide bonds. The van der Waals surface area contributed by atoms with E-state index in [1.54, 1.807) is 7.11 Å². The molecule has 5 rings (SSSR count). The zero-order valence-corrected chi connectivity index (χ0v) is 19.6. The van der Waals surface area contributed by atoms with Crippen LogP contribution in [-0.4, -0.2) is 34.3 Å². The molecule has 0 spiro atoms. The third kappa shape index (κ3) is 5.10. The Balaban J connectivity index is 1.24. The minimum absolute atomic E-state index is 0.404. The van der Waals surface area contributed by atoms with Crippen molar-refractivity contribution in [2.45, 2.75) is 18.3 Å². The second kappa shape index (κ2) is 9.77. The number of nitrogens with zero attached hydrogens (tertiary/aromatic N) is 2. The van der Waals surface area contributed by atoms with Crippen molar-refractivity contribution >= 4 is 22.8 Å². The minimum atomic E-state index is 0.404. The largest absolute Gasteiger partial charge is 0.497 e. The summed E-state index contributed by atoms with van der Waals surface area (Å²) in [5.41, 5.74) is 3.25. The van der Waals surface area contributed by atoms with E-state index in [1.165, 1.54) is 5.56 Å². The van der Waals surface area contributed by atoms with E-state index in [0.717, 1.165) is 58.7 Å². The average molecular weight is 462 g/mol. The van der Waals surface area contributed by atoms with Crippen molar-refractivity contribution in [2.75, 3.05) is 19.5 Å². The van der Waals surface area contributed by atoms with Crippen LogP contribution in [0.4, 0.5) is 0 Å². The smallest absolute Gasteiger partial charge is 0.147 e. The quantitative estimate of drug-likeness (QED) is 0.391. The van der Waals surface area contributed by atoms with Gasteiger partial charge >= 0.3 is 0 Å². The molecule has 2 heterocycles. The molecule has 1 aliphatic rings. The Hall–Kier alpha value is -3.16. The van der Waals surface area contributed by atoms with E-state index in [0.29, 0.717) is 11.9 Å². The molecule has 7 heteroatoms. The van der Waals surface area contributed by atoms with Gasteiger partial charge in [-0.1, -0.05) is 12.1 Å². The number of ether oxygens (including phenoxy) is 3. The van der Waals surface area contributed by atoms with Crippen LogP contribution in [0.2, 0.25) is 0 Å². The van der Waals surface area contributed by atoms with E-state index < -0.39 is 0 Å². The maximum Gasteiger partial charge on any atom is 0.147 e. The molecule has 1 atom stereocenters. The van der Waals surface area contributed by atoms with E-state index in [-0.39, 0.29) is 0 Å². The number of fused-ring (bicyclic) bond motifs is 1. The van der Waals surface area contributed by atoms with Gasteiger partial charge in [-0.05, 0) is 60.5 Å². The number of methoxy groups -OCH3 is 1. The van der Waals surface area contributed by atoms with Gasteiger partial charge in [-0.25, -0.2) is 4.98 Å². The molecule has 1 aromatic heterocycles. The molecule has 1 saturated heterocycles. The van der Waals surface area contributed by atoms with Crippen LogP contribution in [0.3, 0.4) is 0 Å². The van der Waals surface area contributed by atoms with Crippen LogP contribution in [0.15, 0.2) is 66.7 Å². The summed E-state index contributed by atoms with van der Waals surface area (Å²) in [5, 5.41) is 4.06. The standard InChI is InChI=1S/C26H27N3O3S/c1-29-25-14-22(32-21-9-7-19(30-2)8-10-21)11-12-24(25)28-26(29)16-31-20-5-3-18(4-6-20)13-23-15-27-17-33-23/h3-12,14,23,27H,13,15-17H2,1-2H3. The number of aromatic nitrogens is 2. The van der Waals surface area contributed by atoms with Crippen molar-refractivity contribution < 1.29 is 14.2 Å². The lowest BCUT2D eigenvalue weighted by atomic mass is 10.1. The van der Waals surface area contributed by atoms with Crippen LogP contribution < -0.4 is 19.5 Å². The van der Waals surface area contributed by atoms with E-state index in [1.807, 2.05) is 73.4 Å². The van der Waals surface area contributed by atoms with Crippen molar-refractivity contribution in [3.8, 4) is 23.0 Å². The lowest BCUT2D eigenvalue weighted by Gasteiger charge is -2.10. The molecule has 3 aromatic carbocycles. The number of thioether (sulfide) groups is 1. The van der Waals surface area contributed by atoms with Crippen molar-refractivity contribution in [1.29, 1.82) is 0 Å². The molecule has 6 nitrogen and oxygen atoms in total. The second-order valence-corrected chi connectivity index (χ2v) is 9.33. The van der Waals surface area contributed by atoms with Crippen LogP contribution >= 0.6 is 11.8 Å².